The van der Waals surface area contributed by atoms with Crippen LogP contribution in [0.25, 0.3) is 10.2 Å². The van der Waals surface area contributed by atoms with E-state index in [9.17, 15) is 9.59 Å². The monoisotopic (exact) mass is 323 g/mol. The van der Waals surface area contributed by atoms with Crippen molar-refractivity contribution in [3.63, 3.8) is 0 Å². The summed E-state index contributed by atoms with van der Waals surface area (Å²) in [5, 5.41) is 2.72. The normalized spacial score (nSPS) is 11.5. The van der Waals surface area contributed by atoms with E-state index in [0.717, 1.165) is 14.6 Å². The van der Waals surface area contributed by atoms with Crippen LogP contribution >= 0.6 is 23.1 Å². The number of nitrogens with one attached hydrogen (secondary N) is 1. The molecular weight excluding hydrogens is 306 g/mol. The number of aromatic nitrogens is 1. The van der Waals surface area contributed by atoms with Crippen molar-refractivity contribution in [3.8, 4) is 0 Å². The minimum absolute atomic E-state index is 0.131. The maximum atomic E-state index is 11.8. The van der Waals surface area contributed by atoms with Crippen LogP contribution in [0.1, 0.15) is 13.8 Å². The second kappa shape index (κ2) is 6.44. The fourth-order valence-electron chi connectivity index (χ4n) is 1.50. The molecule has 2 amide bonds. The van der Waals surface area contributed by atoms with Crippen LogP contribution in [-0.2, 0) is 9.59 Å². The summed E-state index contributed by atoms with van der Waals surface area (Å²) in [7, 11) is 0. The molecule has 0 aliphatic rings. The number of hydrogen-bond donors (Lipinski definition) is 2. The fraction of sp³-hybridized carbons (Fsp3) is 0.357. The van der Waals surface area contributed by atoms with Gasteiger partial charge in [0, 0.05) is 6.54 Å². The number of primary amides is 1. The first-order valence-electron chi connectivity index (χ1n) is 6.43. The smallest absolute Gasteiger partial charge is 0.230 e. The number of carbonyl (C=O) groups is 2. The zero-order valence-electron chi connectivity index (χ0n) is 11.9. The van der Waals surface area contributed by atoms with Gasteiger partial charge in [-0.05, 0) is 26.0 Å². The number of para-hydroxylation sites is 1. The summed E-state index contributed by atoms with van der Waals surface area (Å²) in [6, 6.07) is 7.86. The van der Waals surface area contributed by atoms with E-state index in [2.05, 4.69) is 10.3 Å². The van der Waals surface area contributed by atoms with Crippen molar-refractivity contribution in [2.45, 2.75) is 18.2 Å². The van der Waals surface area contributed by atoms with E-state index in [-0.39, 0.29) is 18.2 Å². The molecule has 5 nitrogen and oxygen atoms in total. The molecule has 1 heterocycles. The number of fused-ring (bicyclic) bond motifs is 1. The Morgan fingerprint density at radius 1 is 1.38 bits per heavy atom. The number of benzene rings is 1. The molecule has 3 N–H and O–H groups in total. The second-order valence-corrected chi connectivity index (χ2v) is 7.51. The van der Waals surface area contributed by atoms with E-state index >= 15 is 0 Å². The van der Waals surface area contributed by atoms with Crippen molar-refractivity contribution in [1.82, 2.24) is 10.3 Å². The van der Waals surface area contributed by atoms with Crippen molar-refractivity contribution >= 4 is 45.1 Å². The van der Waals surface area contributed by atoms with E-state index in [1.165, 1.54) is 11.8 Å². The molecule has 0 unspecified atom stereocenters. The molecule has 0 saturated heterocycles. The lowest BCUT2D eigenvalue weighted by Gasteiger charge is -2.20. The van der Waals surface area contributed by atoms with Gasteiger partial charge >= 0.3 is 0 Å². The van der Waals surface area contributed by atoms with Crippen molar-refractivity contribution in [2.24, 2.45) is 11.1 Å². The number of amides is 2. The fourth-order valence-corrected chi connectivity index (χ4v) is 3.40. The number of rotatable bonds is 6. The van der Waals surface area contributed by atoms with Crippen LogP contribution in [0, 0.1) is 5.41 Å². The van der Waals surface area contributed by atoms with E-state index in [1.54, 1.807) is 25.2 Å². The molecule has 0 atom stereocenters. The lowest BCUT2D eigenvalue weighted by Crippen LogP contribution is -2.42. The number of nitrogens with two attached hydrogens (primary N) is 1. The SMILES string of the molecule is CC(C)(CNC(=O)CSc1nc2ccccc2s1)C(N)=O. The topological polar surface area (TPSA) is 85.1 Å². The van der Waals surface area contributed by atoms with Gasteiger partial charge in [-0.2, -0.15) is 0 Å². The Morgan fingerprint density at radius 2 is 2.10 bits per heavy atom. The van der Waals surface area contributed by atoms with Crippen LogP contribution in [0.15, 0.2) is 28.6 Å². The van der Waals surface area contributed by atoms with Gasteiger partial charge in [-0.15, -0.1) is 11.3 Å². The minimum atomic E-state index is -0.740. The number of thioether (sulfide) groups is 1. The zero-order chi connectivity index (χ0) is 15.5. The van der Waals surface area contributed by atoms with Gasteiger partial charge in [0.1, 0.15) is 0 Å². The molecule has 21 heavy (non-hydrogen) atoms. The Morgan fingerprint density at radius 3 is 2.76 bits per heavy atom. The molecule has 0 fully saturated rings. The van der Waals surface area contributed by atoms with Gasteiger partial charge in [0.25, 0.3) is 0 Å². The lowest BCUT2D eigenvalue weighted by atomic mass is 9.93. The van der Waals surface area contributed by atoms with Crippen LogP contribution < -0.4 is 11.1 Å². The highest BCUT2D eigenvalue weighted by Crippen LogP contribution is 2.29. The molecule has 1 aromatic heterocycles. The molecule has 0 radical (unpaired) electrons. The maximum absolute atomic E-state index is 11.8. The van der Waals surface area contributed by atoms with Gasteiger partial charge in [0.15, 0.2) is 4.34 Å². The molecule has 2 aromatic rings. The highest BCUT2D eigenvalue weighted by Gasteiger charge is 2.25. The molecule has 0 aliphatic heterocycles. The van der Waals surface area contributed by atoms with Gasteiger partial charge < -0.3 is 11.1 Å². The van der Waals surface area contributed by atoms with Crippen molar-refractivity contribution in [1.29, 1.82) is 0 Å². The Labute approximate surface area is 131 Å². The molecule has 0 saturated carbocycles. The third kappa shape index (κ3) is 4.18. The van der Waals surface area contributed by atoms with Gasteiger partial charge in [0.2, 0.25) is 11.8 Å². The first kappa shape index (κ1) is 15.8. The third-order valence-corrected chi connectivity index (χ3v) is 5.17. The number of thiazole rings is 1. The minimum Gasteiger partial charge on any atom is -0.369 e. The Hall–Kier alpha value is -1.60. The molecular formula is C14H17N3O2S2. The van der Waals surface area contributed by atoms with Crippen LogP contribution in [0.3, 0.4) is 0 Å². The first-order valence-corrected chi connectivity index (χ1v) is 8.24. The van der Waals surface area contributed by atoms with Gasteiger partial charge in [-0.25, -0.2) is 4.98 Å². The van der Waals surface area contributed by atoms with Crippen LogP contribution in [-0.4, -0.2) is 29.1 Å². The highest BCUT2D eigenvalue weighted by molar-refractivity contribution is 8.01. The molecule has 0 spiro atoms. The summed E-state index contributed by atoms with van der Waals surface area (Å²) in [5.74, 6) is -0.288. The summed E-state index contributed by atoms with van der Waals surface area (Å²) in [6.45, 7) is 3.65. The molecule has 0 aliphatic carbocycles. The summed E-state index contributed by atoms with van der Waals surface area (Å²) in [4.78, 5) is 27.4. The highest BCUT2D eigenvalue weighted by atomic mass is 32.2. The summed E-state index contributed by atoms with van der Waals surface area (Å²) < 4.78 is 1.97. The Balaban J connectivity index is 1.85. The van der Waals surface area contributed by atoms with Crippen molar-refractivity contribution in [2.75, 3.05) is 12.3 Å². The second-order valence-electron chi connectivity index (χ2n) is 5.26. The molecule has 2 rings (SSSR count). The average Bonchev–Trinajstić information content (AvgIpc) is 2.85. The van der Waals surface area contributed by atoms with Crippen molar-refractivity contribution in [3.05, 3.63) is 24.3 Å². The number of carbonyl (C=O) groups excluding carboxylic acids is 2. The predicted molar refractivity (Wildman–Crippen MR) is 86.3 cm³/mol. The zero-order valence-corrected chi connectivity index (χ0v) is 13.5. The van der Waals surface area contributed by atoms with Gasteiger partial charge in [0.05, 0.1) is 21.4 Å². The molecule has 7 heteroatoms. The summed E-state index contributed by atoms with van der Waals surface area (Å²) in [5.41, 5.74) is 5.47. The summed E-state index contributed by atoms with van der Waals surface area (Å²) in [6.07, 6.45) is 0. The Kier molecular flexibility index (Phi) is 4.84. The van der Waals surface area contributed by atoms with E-state index < -0.39 is 11.3 Å². The van der Waals surface area contributed by atoms with E-state index in [4.69, 9.17) is 5.73 Å². The number of hydrogen-bond acceptors (Lipinski definition) is 5. The first-order chi connectivity index (χ1) is 9.88. The third-order valence-electron chi connectivity index (χ3n) is 3.00. The lowest BCUT2D eigenvalue weighted by molar-refractivity contribution is -0.126. The van der Waals surface area contributed by atoms with Crippen LogP contribution in [0.4, 0.5) is 0 Å². The van der Waals surface area contributed by atoms with E-state index in [0.29, 0.717) is 0 Å². The van der Waals surface area contributed by atoms with Crippen LogP contribution in [0.2, 0.25) is 0 Å². The number of nitrogens with zero attached hydrogens (tertiary/aromatic N) is 1. The maximum Gasteiger partial charge on any atom is 0.230 e. The molecule has 1 aromatic carbocycles. The van der Waals surface area contributed by atoms with Gasteiger partial charge in [-0.3, -0.25) is 9.59 Å². The van der Waals surface area contributed by atoms with E-state index in [1.807, 2.05) is 24.3 Å². The largest absolute Gasteiger partial charge is 0.369 e. The quantitative estimate of drug-likeness (QED) is 0.796. The summed E-state index contributed by atoms with van der Waals surface area (Å²) >= 11 is 2.96. The van der Waals surface area contributed by atoms with Crippen molar-refractivity contribution < 1.29 is 9.59 Å². The standard InChI is InChI=1S/C14H17N3O2S2/c1-14(2,12(15)19)8-16-11(18)7-20-13-17-9-5-3-4-6-10(9)21-13/h3-6H,7-8H2,1-2H3,(H2,15,19)(H,16,18). The van der Waals surface area contributed by atoms with Gasteiger partial charge in [-0.1, -0.05) is 23.9 Å². The Bertz CT molecular complexity index is 634. The predicted octanol–water partition coefficient (Wildman–Crippen LogP) is 2.02. The molecule has 0 bridgehead atoms. The van der Waals surface area contributed by atoms with Crippen LogP contribution in [0.5, 0.6) is 0 Å². The average molecular weight is 323 g/mol. The molecule has 112 valence electrons.